The summed E-state index contributed by atoms with van der Waals surface area (Å²) in [4.78, 5) is 0. The SMILES string of the molecule is CCCCCCCCCCCCCCCCOS(=O)(=O)CCCCCCCCCC.CNC. The van der Waals surface area contributed by atoms with E-state index in [0.717, 1.165) is 32.1 Å². The molecule has 0 aromatic carbocycles. The van der Waals surface area contributed by atoms with Gasteiger partial charge < -0.3 is 5.32 Å². The third kappa shape index (κ3) is 34.1. The van der Waals surface area contributed by atoms with Crippen molar-refractivity contribution in [3.63, 3.8) is 0 Å². The summed E-state index contributed by atoms with van der Waals surface area (Å²) in [6.45, 7) is 4.87. The van der Waals surface area contributed by atoms with E-state index in [9.17, 15) is 8.42 Å². The largest absolute Gasteiger partial charge is 0.323 e. The first kappa shape index (κ1) is 35.0. The van der Waals surface area contributed by atoms with E-state index in [1.54, 1.807) is 0 Å². The van der Waals surface area contributed by atoms with E-state index < -0.39 is 10.1 Å². The molecule has 0 fully saturated rings. The summed E-state index contributed by atoms with van der Waals surface area (Å²) in [6.07, 6.45) is 27.7. The zero-order valence-corrected chi connectivity index (χ0v) is 23.9. The van der Waals surface area contributed by atoms with Crippen LogP contribution in [0.2, 0.25) is 0 Å². The molecule has 0 aliphatic heterocycles. The average Bonchev–Trinajstić information content (AvgIpc) is 2.78. The van der Waals surface area contributed by atoms with Gasteiger partial charge in [0.2, 0.25) is 0 Å². The van der Waals surface area contributed by atoms with Gasteiger partial charge in [-0.3, -0.25) is 4.18 Å². The molecule has 202 valence electrons. The first-order valence-electron chi connectivity index (χ1n) is 14.5. The molecular formula is C28H61NO3S. The van der Waals surface area contributed by atoms with Crippen molar-refractivity contribution in [2.45, 2.75) is 155 Å². The van der Waals surface area contributed by atoms with Crippen LogP contribution in [0.25, 0.3) is 0 Å². The molecule has 0 bridgehead atoms. The molecular weight excluding hydrogens is 430 g/mol. The van der Waals surface area contributed by atoms with Gasteiger partial charge >= 0.3 is 0 Å². The Morgan fingerprint density at radius 2 is 0.758 bits per heavy atom. The highest BCUT2D eigenvalue weighted by Crippen LogP contribution is 2.13. The van der Waals surface area contributed by atoms with E-state index >= 15 is 0 Å². The lowest BCUT2D eigenvalue weighted by Crippen LogP contribution is -2.11. The van der Waals surface area contributed by atoms with Crippen LogP contribution in [0.5, 0.6) is 0 Å². The normalized spacial score (nSPS) is 11.4. The molecule has 33 heavy (non-hydrogen) atoms. The smallest absolute Gasteiger partial charge is 0.267 e. The monoisotopic (exact) mass is 491 g/mol. The number of hydrogen-bond donors (Lipinski definition) is 1. The highest BCUT2D eigenvalue weighted by atomic mass is 32.2. The van der Waals surface area contributed by atoms with Crippen molar-refractivity contribution in [2.75, 3.05) is 26.5 Å². The van der Waals surface area contributed by atoms with Gasteiger partial charge in [-0.1, -0.05) is 142 Å². The van der Waals surface area contributed by atoms with Crippen LogP contribution in [0.3, 0.4) is 0 Å². The maximum absolute atomic E-state index is 11.9. The van der Waals surface area contributed by atoms with Crippen LogP contribution < -0.4 is 5.32 Å². The van der Waals surface area contributed by atoms with Crippen molar-refractivity contribution in [1.82, 2.24) is 5.32 Å². The fourth-order valence-electron chi connectivity index (χ4n) is 3.95. The Morgan fingerprint density at radius 3 is 1.09 bits per heavy atom. The third-order valence-corrected chi connectivity index (χ3v) is 7.32. The van der Waals surface area contributed by atoms with E-state index in [-0.39, 0.29) is 5.75 Å². The number of hydrogen-bond acceptors (Lipinski definition) is 4. The number of nitrogens with one attached hydrogen (secondary N) is 1. The Kier molecular flexibility index (Phi) is 31.7. The van der Waals surface area contributed by atoms with Crippen molar-refractivity contribution in [3.8, 4) is 0 Å². The Labute approximate surface area is 209 Å². The number of unbranched alkanes of at least 4 members (excludes halogenated alkanes) is 20. The second-order valence-corrected chi connectivity index (χ2v) is 11.4. The van der Waals surface area contributed by atoms with Gasteiger partial charge in [0, 0.05) is 0 Å². The molecule has 0 amide bonds. The molecule has 5 heteroatoms. The second kappa shape index (κ2) is 29.9. The highest BCUT2D eigenvalue weighted by Gasteiger charge is 2.10. The summed E-state index contributed by atoms with van der Waals surface area (Å²) >= 11 is 0. The van der Waals surface area contributed by atoms with E-state index in [4.69, 9.17) is 4.18 Å². The van der Waals surface area contributed by atoms with E-state index in [1.807, 2.05) is 14.1 Å². The van der Waals surface area contributed by atoms with Gasteiger partial charge in [-0.25, -0.2) is 0 Å². The summed E-state index contributed by atoms with van der Waals surface area (Å²) in [7, 11) is 0.449. The minimum absolute atomic E-state index is 0.195. The van der Waals surface area contributed by atoms with E-state index in [1.165, 1.54) is 109 Å². The molecule has 0 rings (SSSR count). The molecule has 0 radical (unpaired) electrons. The minimum atomic E-state index is -3.30. The summed E-state index contributed by atoms with van der Waals surface area (Å²) < 4.78 is 29.0. The third-order valence-electron chi connectivity index (χ3n) is 6.01. The van der Waals surface area contributed by atoms with Crippen LogP contribution in [0.4, 0.5) is 0 Å². The number of rotatable bonds is 25. The van der Waals surface area contributed by atoms with Crippen LogP contribution in [0, 0.1) is 0 Å². The van der Waals surface area contributed by atoms with Crippen LogP contribution in [0.1, 0.15) is 155 Å². The molecule has 0 aromatic rings. The van der Waals surface area contributed by atoms with Gasteiger partial charge in [0.25, 0.3) is 10.1 Å². The molecule has 1 N–H and O–H groups in total. The van der Waals surface area contributed by atoms with Crippen LogP contribution >= 0.6 is 0 Å². The topological polar surface area (TPSA) is 55.4 Å². The molecule has 0 aromatic heterocycles. The van der Waals surface area contributed by atoms with Gasteiger partial charge in [-0.15, -0.1) is 0 Å². The first-order valence-corrected chi connectivity index (χ1v) is 16.1. The first-order chi connectivity index (χ1) is 16.0. The Morgan fingerprint density at radius 1 is 0.485 bits per heavy atom. The van der Waals surface area contributed by atoms with Gasteiger partial charge in [0.1, 0.15) is 0 Å². The Balaban J connectivity index is 0. The second-order valence-electron chi connectivity index (χ2n) is 9.65. The Bertz CT molecular complexity index is 440. The fraction of sp³-hybridized carbons (Fsp3) is 1.00. The quantitative estimate of drug-likeness (QED) is 0.102. The van der Waals surface area contributed by atoms with Crippen LogP contribution in [-0.4, -0.2) is 34.9 Å². The van der Waals surface area contributed by atoms with Crippen molar-refractivity contribution in [1.29, 1.82) is 0 Å². The molecule has 0 aliphatic rings. The summed E-state index contributed by atoms with van der Waals surface area (Å²) in [5, 5.41) is 2.75. The maximum atomic E-state index is 11.9. The average molecular weight is 492 g/mol. The molecule has 4 nitrogen and oxygen atoms in total. The van der Waals surface area contributed by atoms with Gasteiger partial charge in [-0.2, -0.15) is 8.42 Å². The van der Waals surface area contributed by atoms with E-state index in [2.05, 4.69) is 19.2 Å². The van der Waals surface area contributed by atoms with Crippen molar-refractivity contribution >= 4 is 10.1 Å². The molecule has 0 unspecified atom stereocenters. The van der Waals surface area contributed by atoms with E-state index in [0.29, 0.717) is 6.61 Å². The minimum Gasteiger partial charge on any atom is -0.323 e. The molecule has 0 heterocycles. The molecule has 0 spiro atoms. The predicted octanol–water partition coefficient (Wildman–Crippen LogP) is 8.79. The summed E-state index contributed by atoms with van der Waals surface area (Å²) in [5.41, 5.74) is 0. The standard InChI is InChI=1S/C26H54O3S.C2H7N/c1-3-5-7-9-11-13-14-15-16-17-18-19-21-23-25-29-30(27,28)26-24-22-20-12-10-8-6-4-2;1-3-2/h3-26H2,1-2H3;3H,1-2H3. The zero-order valence-electron chi connectivity index (χ0n) is 23.1. The summed E-state index contributed by atoms with van der Waals surface area (Å²) in [5.74, 6) is 0.195. The summed E-state index contributed by atoms with van der Waals surface area (Å²) in [6, 6.07) is 0. The molecule has 0 atom stereocenters. The van der Waals surface area contributed by atoms with Gasteiger partial charge in [0.05, 0.1) is 12.4 Å². The lowest BCUT2D eigenvalue weighted by molar-refractivity contribution is 0.305. The van der Waals surface area contributed by atoms with Gasteiger partial charge in [0.15, 0.2) is 0 Å². The van der Waals surface area contributed by atoms with Crippen molar-refractivity contribution in [2.24, 2.45) is 0 Å². The van der Waals surface area contributed by atoms with Gasteiger partial charge in [-0.05, 0) is 26.9 Å². The molecule has 0 aliphatic carbocycles. The van der Waals surface area contributed by atoms with Crippen LogP contribution in [0.15, 0.2) is 0 Å². The molecule has 0 saturated heterocycles. The maximum Gasteiger partial charge on any atom is 0.267 e. The van der Waals surface area contributed by atoms with Crippen molar-refractivity contribution < 1.29 is 12.6 Å². The Hall–Kier alpha value is -0.130. The van der Waals surface area contributed by atoms with Crippen LogP contribution in [-0.2, 0) is 14.3 Å². The highest BCUT2D eigenvalue weighted by molar-refractivity contribution is 7.86. The fourth-order valence-corrected chi connectivity index (χ4v) is 5.00. The predicted molar refractivity (Wildman–Crippen MR) is 148 cm³/mol. The van der Waals surface area contributed by atoms with Crippen molar-refractivity contribution in [3.05, 3.63) is 0 Å². The lowest BCUT2D eigenvalue weighted by atomic mass is 10.0. The zero-order chi connectivity index (χ0) is 24.9. The lowest BCUT2D eigenvalue weighted by Gasteiger charge is -2.06. The molecule has 0 saturated carbocycles.